The molecule has 0 spiro atoms. The first-order valence-electron chi connectivity index (χ1n) is 9.10. The van der Waals surface area contributed by atoms with E-state index in [4.69, 9.17) is 17.0 Å². The van der Waals surface area contributed by atoms with Gasteiger partial charge in [0.15, 0.2) is 4.32 Å². The number of ether oxygens (including phenoxy) is 1. The van der Waals surface area contributed by atoms with E-state index in [0.717, 1.165) is 22.3 Å². The van der Waals surface area contributed by atoms with Crippen LogP contribution in [0.25, 0.3) is 6.08 Å². The van der Waals surface area contributed by atoms with Crippen LogP contribution in [0.1, 0.15) is 20.8 Å². The number of amides is 2. The van der Waals surface area contributed by atoms with Crippen LogP contribution in [0.2, 0.25) is 0 Å². The minimum atomic E-state index is -0.405. The molecule has 2 heterocycles. The summed E-state index contributed by atoms with van der Waals surface area (Å²) in [4.78, 5) is 25.8. The molecule has 156 valence electrons. The number of hydrogen-bond donors (Lipinski definition) is 1. The van der Waals surface area contributed by atoms with E-state index in [-0.39, 0.29) is 16.7 Å². The molecule has 2 aromatic carbocycles. The highest BCUT2D eigenvalue weighted by atomic mass is 32.2. The molecule has 1 saturated heterocycles. The number of nitrogens with one attached hydrogen (secondary N) is 1. The number of nitrogens with zero attached hydrogens (tertiary/aromatic N) is 1. The number of carbonyl (C=O) groups excluding carboxylic acids is 2. The molecule has 9 heteroatoms. The normalized spacial score (nSPS) is 14.9. The lowest BCUT2D eigenvalue weighted by Gasteiger charge is -2.14. The van der Waals surface area contributed by atoms with Crippen molar-refractivity contribution in [2.24, 2.45) is 0 Å². The molecule has 0 saturated carbocycles. The van der Waals surface area contributed by atoms with Crippen LogP contribution in [0.4, 0.5) is 4.39 Å². The highest BCUT2D eigenvalue weighted by Gasteiger charge is 2.33. The van der Waals surface area contributed by atoms with Gasteiger partial charge in [0, 0.05) is 5.56 Å². The van der Waals surface area contributed by atoms with Crippen molar-refractivity contribution in [1.29, 1.82) is 0 Å². The topological polar surface area (TPSA) is 58.6 Å². The van der Waals surface area contributed by atoms with E-state index in [2.05, 4.69) is 5.43 Å². The molecule has 1 aliphatic rings. The van der Waals surface area contributed by atoms with E-state index in [1.54, 1.807) is 60.0 Å². The molecular formula is C22H15FN2O3S3. The summed E-state index contributed by atoms with van der Waals surface area (Å²) in [5, 5.41) is 2.85. The summed E-state index contributed by atoms with van der Waals surface area (Å²) in [6, 6.07) is 16.9. The number of halogens is 1. The summed E-state index contributed by atoms with van der Waals surface area (Å²) in [6.07, 6.45) is 1.67. The number of hydrogen-bond acceptors (Lipinski definition) is 6. The predicted molar refractivity (Wildman–Crippen MR) is 124 cm³/mol. The van der Waals surface area contributed by atoms with Crippen LogP contribution in [-0.2, 0) is 11.4 Å². The van der Waals surface area contributed by atoms with Crippen LogP contribution in [-0.4, -0.2) is 21.1 Å². The molecule has 0 atom stereocenters. The molecule has 3 aromatic rings. The molecule has 5 nitrogen and oxygen atoms in total. The van der Waals surface area contributed by atoms with Crippen LogP contribution >= 0.6 is 35.3 Å². The zero-order chi connectivity index (χ0) is 21.8. The molecular weight excluding hydrogens is 455 g/mol. The van der Waals surface area contributed by atoms with Gasteiger partial charge >= 0.3 is 0 Å². The lowest BCUT2D eigenvalue weighted by atomic mass is 10.2. The van der Waals surface area contributed by atoms with Gasteiger partial charge in [0.2, 0.25) is 0 Å². The zero-order valence-corrected chi connectivity index (χ0v) is 18.4. The molecule has 31 heavy (non-hydrogen) atoms. The van der Waals surface area contributed by atoms with Crippen LogP contribution < -0.4 is 10.2 Å². The molecule has 0 bridgehead atoms. The molecule has 1 fully saturated rings. The number of thiophene rings is 1. The predicted octanol–water partition coefficient (Wildman–Crippen LogP) is 5.01. The molecule has 0 aliphatic carbocycles. The average molecular weight is 471 g/mol. The number of thioether (sulfide) groups is 1. The van der Waals surface area contributed by atoms with Gasteiger partial charge < -0.3 is 4.74 Å². The Bertz CT molecular complexity index is 1180. The van der Waals surface area contributed by atoms with Crippen LogP contribution in [0.5, 0.6) is 5.75 Å². The Labute approximate surface area is 191 Å². The van der Waals surface area contributed by atoms with Crippen molar-refractivity contribution in [2.75, 3.05) is 0 Å². The van der Waals surface area contributed by atoms with Crippen molar-refractivity contribution in [1.82, 2.24) is 10.4 Å². The van der Waals surface area contributed by atoms with Crippen LogP contribution in [0, 0.1) is 5.82 Å². The number of rotatable bonds is 6. The molecule has 0 radical (unpaired) electrons. The summed E-state index contributed by atoms with van der Waals surface area (Å²) >= 11 is 7.62. The highest BCUT2D eigenvalue weighted by Crippen LogP contribution is 2.32. The molecule has 2 amide bonds. The lowest BCUT2D eigenvalue weighted by molar-refractivity contribution is -0.123. The summed E-state index contributed by atoms with van der Waals surface area (Å²) in [5.74, 6) is -0.584. The van der Waals surface area contributed by atoms with Gasteiger partial charge in [-0.3, -0.25) is 15.0 Å². The van der Waals surface area contributed by atoms with E-state index < -0.39 is 11.8 Å². The third-order valence-electron chi connectivity index (χ3n) is 4.26. The number of thiocarbonyl (C=S) groups is 1. The standard InChI is InChI=1S/C22H15FN2O3S3/c23-17-8-2-1-6-15(17)13-28-16-7-3-5-14(11-16)12-19-21(27)25(22(29)31-19)24-20(26)18-9-4-10-30-18/h1-12H,13H2,(H,24,26)/b19-12+. The second kappa shape index (κ2) is 9.42. The van der Waals surface area contributed by atoms with Crippen LogP contribution in [0.15, 0.2) is 70.9 Å². The minimum absolute atomic E-state index is 0.0903. The van der Waals surface area contributed by atoms with E-state index in [1.807, 2.05) is 6.07 Å². The first kappa shape index (κ1) is 21.2. The number of benzene rings is 2. The second-order valence-corrected chi connectivity index (χ2v) is 9.01. The second-order valence-electron chi connectivity index (χ2n) is 6.39. The minimum Gasteiger partial charge on any atom is -0.489 e. The van der Waals surface area contributed by atoms with Gasteiger partial charge in [0.05, 0.1) is 9.78 Å². The fourth-order valence-corrected chi connectivity index (χ4v) is 4.54. The van der Waals surface area contributed by atoms with Gasteiger partial charge in [0.25, 0.3) is 11.8 Å². The number of carbonyl (C=O) groups is 2. The summed E-state index contributed by atoms with van der Waals surface area (Å²) in [5.41, 5.74) is 3.72. The lowest BCUT2D eigenvalue weighted by Crippen LogP contribution is -2.44. The quantitative estimate of drug-likeness (QED) is 0.405. The van der Waals surface area contributed by atoms with Crippen molar-refractivity contribution >= 4 is 57.5 Å². The first-order chi connectivity index (χ1) is 15.0. The van der Waals surface area contributed by atoms with Gasteiger partial charge in [-0.25, -0.2) is 4.39 Å². The maximum Gasteiger partial charge on any atom is 0.285 e. The Morgan fingerprint density at radius 2 is 2.00 bits per heavy atom. The summed E-state index contributed by atoms with van der Waals surface area (Å²) < 4.78 is 19.7. The fraction of sp³-hybridized carbons (Fsp3) is 0.0455. The first-order valence-corrected chi connectivity index (χ1v) is 11.2. The molecule has 1 aromatic heterocycles. The Balaban J connectivity index is 1.45. The Morgan fingerprint density at radius 1 is 1.16 bits per heavy atom. The molecule has 4 rings (SSSR count). The van der Waals surface area contributed by atoms with Gasteiger partial charge in [-0.05, 0) is 53.5 Å². The SMILES string of the molecule is O=C(NN1C(=O)/C(=C\c2cccc(OCc3ccccc3F)c2)SC1=S)c1cccs1. The molecule has 1 N–H and O–H groups in total. The van der Waals surface area contributed by atoms with Crippen LogP contribution in [0.3, 0.4) is 0 Å². The van der Waals surface area contributed by atoms with E-state index in [9.17, 15) is 14.0 Å². The fourth-order valence-electron chi connectivity index (χ4n) is 2.75. The molecule has 1 aliphatic heterocycles. The van der Waals surface area contributed by atoms with Gasteiger partial charge in [0.1, 0.15) is 18.2 Å². The Kier molecular flexibility index (Phi) is 6.45. The largest absolute Gasteiger partial charge is 0.489 e. The van der Waals surface area contributed by atoms with Gasteiger partial charge in [-0.2, -0.15) is 5.01 Å². The maximum absolute atomic E-state index is 13.8. The average Bonchev–Trinajstić information content (AvgIpc) is 3.39. The van der Waals surface area contributed by atoms with Crippen molar-refractivity contribution in [3.05, 3.63) is 92.8 Å². The zero-order valence-electron chi connectivity index (χ0n) is 15.9. The smallest absolute Gasteiger partial charge is 0.285 e. The van der Waals surface area contributed by atoms with E-state index in [0.29, 0.717) is 21.1 Å². The Hall–Kier alpha value is -3.01. The molecule has 0 unspecified atom stereocenters. The van der Waals surface area contributed by atoms with Crippen molar-refractivity contribution < 1.29 is 18.7 Å². The third-order valence-corrected chi connectivity index (χ3v) is 6.43. The van der Waals surface area contributed by atoms with Crippen molar-refractivity contribution in [3.63, 3.8) is 0 Å². The number of hydrazine groups is 1. The highest BCUT2D eigenvalue weighted by molar-refractivity contribution is 8.26. The van der Waals surface area contributed by atoms with Crippen molar-refractivity contribution in [2.45, 2.75) is 6.61 Å². The van der Waals surface area contributed by atoms with Gasteiger partial charge in [-0.15, -0.1) is 11.3 Å². The Morgan fingerprint density at radius 3 is 2.77 bits per heavy atom. The van der Waals surface area contributed by atoms with E-state index in [1.165, 1.54) is 17.4 Å². The van der Waals surface area contributed by atoms with Gasteiger partial charge in [-0.1, -0.05) is 48.2 Å². The summed E-state index contributed by atoms with van der Waals surface area (Å²) in [7, 11) is 0. The van der Waals surface area contributed by atoms with Crippen molar-refractivity contribution in [3.8, 4) is 5.75 Å². The summed E-state index contributed by atoms with van der Waals surface area (Å²) in [6.45, 7) is 0.0903. The maximum atomic E-state index is 13.8. The third kappa shape index (κ3) is 5.01. The van der Waals surface area contributed by atoms with E-state index >= 15 is 0 Å². The monoisotopic (exact) mass is 470 g/mol.